The zero-order valence-electron chi connectivity index (χ0n) is 17.9. The quantitative estimate of drug-likeness (QED) is 0.500. The maximum atomic E-state index is 5.51. The van der Waals surface area contributed by atoms with Crippen LogP contribution in [0.3, 0.4) is 0 Å². The summed E-state index contributed by atoms with van der Waals surface area (Å²) in [6.07, 6.45) is 7.75. The molecule has 0 saturated carbocycles. The molecule has 0 spiro atoms. The van der Waals surface area contributed by atoms with Gasteiger partial charge < -0.3 is 19.3 Å². The Balaban J connectivity index is 2.09. The number of hydrogen-bond donors (Lipinski definition) is 0. The molecular weight excluding hydrogens is 312 g/mol. The average Bonchev–Trinajstić information content (AvgIpc) is 2.59. The van der Waals surface area contributed by atoms with Crippen LogP contribution >= 0.6 is 0 Å². The van der Waals surface area contributed by atoms with E-state index in [0.29, 0.717) is 0 Å². The van der Waals surface area contributed by atoms with Crippen molar-refractivity contribution in [1.29, 1.82) is 0 Å². The third kappa shape index (κ3) is 10.5. The van der Waals surface area contributed by atoms with Gasteiger partial charge in [-0.25, -0.2) is 0 Å². The van der Waals surface area contributed by atoms with Gasteiger partial charge in [0.05, 0.1) is 12.2 Å². The first-order valence-electron chi connectivity index (χ1n) is 10.3. The van der Waals surface area contributed by atoms with Gasteiger partial charge in [0.1, 0.15) is 0 Å². The van der Waals surface area contributed by atoms with E-state index in [-0.39, 0.29) is 5.60 Å². The van der Waals surface area contributed by atoms with Crippen LogP contribution in [0.5, 0.6) is 0 Å². The molecular formula is C21H44N2O2. The zero-order valence-corrected chi connectivity index (χ0v) is 17.9. The van der Waals surface area contributed by atoms with E-state index >= 15 is 0 Å². The van der Waals surface area contributed by atoms with Crippen molar-refractivity contribution in [2.24, 2.45) is 11.8 Å². The Kier molecular flexibility index (Phi) is 11.2. The van der Waals surface area contributed by atoms with Crippen LogP contribution in [0.25, 0.3) is 0 Å². The maximum Gasteiger partial charge on any atom is 0.0622 e. The Morgan fingerprint density at radius 2 is 1.84 bits per heavy atom. The van der Waals surface area contributed by atoms with E-state index in [1.807, 2.05) is 7.11 Å². The van der Waals surface area contributed by atoms with Crippen LogP contribution in [0.15, 0.2) is 0 Å². The normalized spacial score (nSPS) is 18.8. The monoisotopic (exact) mass is 356 g/mol. The summed E-state index contributed by atoms with van der Waals surface area (Å²) in [5.74, 6) is 1.69. The zero-order chi connectivity index (χ0) is 18.7. The summed E-state index contributed by atoms with van der Waals surface area (Å²) in [6.45, 7) is 13.7. The van der Waals surface area contributed by atoms with Gasteiger partial charge >= 0.3 is 0 Å². The Morgan fingerprint density at radius 1 is 1.16 bits per heavy atom. The molecule has 0 aromatic carbocycles. The van der Waals surface area contributed by atoms with Crippen molar-refractivity contribution in [3.05, 3.63) is 0 Å². The van der Waals surface area contributed by atoms with E-state index in [9.17, 15) is 0 Å². The molecule has 1 aliphatic rings. The molecule has 25 heavy (non-hydrogen) atoms. The van der Waals surface area contributed by atoms with Crippen LogP contribution in [0.4, 0.5) is 0 Å². The average molecular weight is 357 g/mol. The molecule has 0 N–H and O–H groups in total. The molecule has 0 radical (unpaired) electrons. The fourth-order valence-electron chi connectivity index (χ4n) is 3.71. The van der Waals surface area contributed by atoms with Gasteiger partial charge in [0.2, 0.25) is 0 Å². The molecule has 0 amide bonds. The van der Waals surface area contributed by atoms with Gasteiger partial charge in [0.15, 0.2) is 0 Å². The van der Waals surface area contributed by atoms with Gasteiger partial charge in [-0.15, -0.1) is 0 Å². The lowest BCUT2D eigenvalue weighted by molar-refractivity contribution is 0.0126. The lowest BCUT2D eigenvalue weighted by Crippen LogP contribution is -2.39. The second-order valence-corrected chi connectivity index (χ2v) is 8.79. The SMILES string of the molecule is COCCN1CCC(CN(C)CCC(C)CCCC(C)(C)OC)CC1. The fraction of sp³-hybridized carbons (Fsp3) is 1.00. The number of piperidine rings is 1. The lowest BCUT2D eigenvalue weighted by Gasteiger charge is -2.34. The van der Waals surface area contributed by atoms with Gasteiger partial charge in [-0.2, -0.15) is 0 Å². The van der Waals surface area contributed by atoms with Gasteiger partial charge in [-0.3, -0.25) is 0 Å². The van der Waals surface area contributed by atoms with Crippen molar-refractivity contribution in [2.45, 2.75) is 64.9 Å². The number of ether oxygens (including phenoxy) is 2. The Morgan fingerprint density at radius 3 is 2.44 bits per heavy atom. The highest BCUT2D eigenvalue weighted by molar-refractivity contribution is 4.75. The third-order valence-electron chi connectivity index (χ3n) is 5.92. The molecule has 1 atom stereocenters. The summed E-state index contributed by atoms with van der Waals surface area (Å²) in [7, 11) is 5.92. The van der Waals surface area contributed by atoms with Crippen molar-refractivity contribution < 1.29 is 9.47 Å². The number of likely N-dealkylation sites (tertiary alicyclic amines) is 1. The summed E-state index contributed by atoms with van der Waals surface area (Å²) in [4.78, 5) is 5.11. The van der Waals surface area contributed by atoms with Gasteiger partial charge in [-0.05, 0) is 78.0 Å². The van der Waals surface area contributed by atoms with Crippen LogP contribution in [0.1, 0.15) is 59.3 Å². The second-order valence-electron chi connectivity index (χ2n) is 8.79. The first-order valence-corrected chi connectivity index (χ1v) is 10.3. The number of rotatable bonds is 13. The molecule has 1 rings (SSSR count). The minimum Gasteiger partial charge on any atom is -0.383 e. The van der Waals surface area contributed by atoms with Crippen LogP contribution in [-0.4, -0.2) is 76.0 Å². The largest absolute Gasteiger partial charge is 0.383 e. The minimum absolute atomic E-state index is 0.0363. The van der Waals surface area contributed by atoms with Crippen LogP contribution in [0, 0.1) is 11.8 Å². The topological polar surface area (TPSA) is 24.9 Å². The maximum absolute atomic E-state index is 5.51. The smallest absolute Gasteiger partial charge is 0.0622 e. The third-order valence-corrected chi connectivity index (χ3v) is 5.92. The standard InChI is InChI=1S/C21H44N2O2/c1-19(8-7-12-21(2,3)25-6)9-13-22(4)18-20-10-14-23(15-11-20)16-17-24-5/h19-20H,7-18H2,1-6H3. The van der Waals surface area contributed by atoms with Crippen LogP contribution < -0.4 is 0 Å². The molecule has 0 aliphatic carbocycles. The molecule has 1 heterocycles. The lowest BCUT2D eigenvalue weighted by atomic mass is 9.94. The number of methoxy groups -OCH3 is 2. The van der Waals surface area contributed by atoms with Crippen molar-refractivity contribution in [1.82, 2.24) is 9.80 Å². The highest BCUT2D eigenvalue weighted by atomic mass is 16.5. The summed E-state index contributed by atoms with van der Waals surface area (Å²) in [6, 6.07) is 0. The molecule has 0 aromatic heterocycles. The highest BCUT2D eigenvalue weighted by Gasteiger charge is 2.20. The molecule has 0 bridgehead atoms. The summed E-state index contributed by atoms with van der Waals surface area (Å²) in [5, 5.41) is 0. The number of hydrogen-bond acceptors (Lipinski definition) is 4. The highest BCUT2D eigenvalue weighted by Crippen LogP contribution is 2.21. The van der Waals surface area contributed by atoms with Gasteiger partial charge in [0.25, 0.3) is 0 Å². The number of nitrogens with zero attached hydrogens (tertiary/aromatic N) is 2. The van der Waals surface area contributed by atoms with Crippen LogP contribution in [-0.2, 0) is 9.47 Å². The predicted octanol–water partition coefficient (Wildman–Crippen LogP) is 3.90. The first-order chi connectivity index (χ1) is 11.9. The molecule has 0 aromatic rings. The van der Waals surface area contributed by atoms with Crippen molar-refractivity contribution in [3.63, 3.8) is 0 Å². The van der Waals surface area contributed by atoms with E-state index < -0.39 is 0 Å². The van der Waals surface area contributed by atoms with Crippen molar-refractivity contribution in [2.75, 3.05) is 60.6 Å². The van der Waals surface area contributed by atoms with E-state index in [1.54, 1.807) is 7.11 Å². The minimum atomic E-state index is 0.0363. The van der Waals surface area contributed by atoms with Gasteiger partial charge in [-0.1, -0.05) is 19.8 Å². The predicted molar refractivity (Wildman–Crippen MR) is 107 cm³/mol. The second kappa shape index (κ2) is 12.3. The molecule has 1 fully saturated rings. The van der Waals surface area contributed by atoms with E-state index in [4.69, 9.17) is 9.47 Å². The van der Waals surface area contributed by atoms with E-state index in [0.717, 1.165) is 31.4 Å². The Bertz CT molecular complexity index is 328. The molecule has 1 saturated heterocycles. The molecule has 1 unspecified atom stereocenters. The molecule has 4 nitrogen and oxygen atoms in total. The Hall–Kier alpha value is -0.160. The summed E-state index contributed by atoms with van der Waals surface area (Å²) < 4.78 is 10.7. The summed E-state index contributed by atoms with van der Waals surface area (Å²) in [5.41, 5.74) is 0.0363. The van der Waals surface area contributed by atoms with Crippen LogP contribution in [0.2, 0.25) is 0 Å². The molecule has 150 valence electrons. The van der Waals surface area contributed by atoms with E-state index in [2.05, 4.69) is 37.6 Å². The van der Waals surface area contributed by atoms with E-state index in [1.165, 1.54) is 58.3 Å². The molecule has 1 aliphatic heterocycles. The first kappa shape index (κ1) is 22.9. The van der Waals surface area contributed by atoms with Crippen molar-refractivity contribution >= 4 is 0 Å². The van der Waals surface area contributed by atoms with Crippen molar-refractivity contribution in [3.8, 4) is 0 Å². The molecule has 4 heteroatoms. The fourth-order valence-corrected chi connectivity index (χ4v) is 3.71. The van der Waals surface area contributed by atoms with Gasteiger partial charge in [0, 0.05) is 27.3 Å². The summed E-state index contributed by atoms with van der Waals surface area (Å²) >= 11 is 0. The Labute approximate surface area is 157 Å².